The van der Waals surface area contributed by atoms with Crippen LogP contribution in [0.2, 0.25) is 0 Å². The first-order valence-electron chi connectivity index (χ1n) is 4.45. The van der Waals surface area contributed by atoms with Gasteiger partial charge in [0.05, 0.1) is 19.3 Å². The Morgan fingerprint density at radius 3 is 2.38 bits per heavy atom. The average molecular weight is 188 g/mol. The van der Waals surface area contributed by atoms with Crippen molar-refractivity contribution in [1.82, 2.24) is 0 Å². The Kier molecular flexibility index (Phi) is 3.87. The molecule has 13 heavy (non-hydrogen) atoms. The van der Waals surface area contributed by atoms with E-state index in [0.29, 0.717) is 12.0 Å². The highest BCUT2D eigenvalue weighted by Gasteiger charge is 2.34. The predicted molar refractivity (Wildman–Crippen MR) is 46.9 cm³/mol. The summed E-state index contributed by atoms with van der Waals surface area (Å²) in [5.74, 6) is -0.357. The molecule has 0 aromatic rings. The zero-order valence-electron chi connectivity index (χ0n) is 7.43. The van der Waals surface area contributed by atoms with Crippen molar-refractivity contribution >= 4 is 0 Å². The summed E-state index contributed by atoms with van der Waals surface area (Å²) in [7, 11) is 0. The van der Waals surface area contributed by atoms with Crippen LogP contribution in [0.4, 0.5) is 0 Å². The van der Waals surface area contributed by atoms with Gasteiger partial charge in [-0.15, -0.1) is 0 Å². The van der Waals surface area contributed by atoms with Crippen molar-refractivity contribution in [2.75, 3.05) is 19.8 Å². The molecule has 1 aliphatic rings. The molecule has 3 atom stereocenters. The summed E-state index contributed by atoms with van der Waals surface area (Å²) in [5, 5.41) is 36.2. The molecule has 4 nitrogen and oxygen atoms in total. The molecule has 1 rings (SSSR count). The largest absolute Gasteiger partial charge is 0.396 e. The zero-order chi connectivity index (χ0) is 9.84. The van der Waals surface area contributed by atoms with Crippen molar-refractivity contribution in [2.45, 2.75) is 12.5 Å². The van der Waals surface area contributed by atoms with Gasteiger partial charge >= 0.3 is 0 Å². The molecule has 0 heterocycles. The number of hydrogen-bond acceptors (Lipinski definition) is 4. The summed E-state index contributed by atoms with van der Waals surface area (Å²) in [6.45, 7) is -0.233. The van der Waals surface area contributed by atoms with Gasteiger partial charge in [-0.3, -0.25) is 0 Å². The molecule has 1 aliphatic carbocycles. The predicted octanol–water partition coefficient (Wildman–Crippen LogP) is -1.11. The molecule has 0 unspecified atom stereocenters. The molecule has 76 valence electrons. The number of aliphatic hydroxyl groups excluding tert-OH is 4. The summed E-state index contributed by atoms with van der Waals surface area (Å²) < 4.78 is 0. The van der Waals surface area contributed by atoms with Crippen LogP contribution in [0.15, 0.2) is 11.6 Å². The molecule has 0 aromatic carbocycles. The fourth-order valence-electron chi connectivity index (χ4n) is 1.92. The summed E-state index contributed by atoms with van der Waals surface area (Å²) >= 11 is 0. The average Bonchev–Trinajstić information content (AvgIpc) is 2.44. The summed E-state index contributed by atoms with van der Waals surface area (Å²) in [6, 6.07) is 0. The maximum atomic E-state index is 9.51. The molecule has 0 fully saturated rings. The highest BCUT2D eigenvalue weighted by Crippen LogP contribution is 2.33. The van der Waals surface area contributed by atoms with Crippen LogP contribution in [-0.2, 0) is 0 Å². The quantitative estimate of drug-likeness (QED) is 0.422. The van der Waals surface area contributed by atoms with Gasteiger partial charge in [-0.2, -0.15) is 0 Å². The van der Waals surface area contributed by atoms with Crippen LogP contribution in [0.1, 0.15) is 6.42 Å². The van der Waals surface area contributed by atoms with Crippen LogP contribution in [0.3, 0.4) is 0 Å². The summed E-state index contributed by atoms with van der Waals surface area (Å²) in [4.78, 5) is 0. The third kappa shape index (κ3) is 2.08. The molecule has 0 aliphatic heterocycles. The lowest BCUT2D eigenvalue weighted by Crippen LogP contribution is -2.25. The normalized spacial score (nSPS) is 33.5. The lowest BCUT2D eigenvalue weighted by molar-refractivity contribution is 0.0886. The molecule has 0 aromatic heterocycles. The van der Waals surface area contributed by atoms with E-state index < -0.39 is 6.10 Å². The third-order valence-corrected chi connectivity index (χ3v) is 2.66. The fraction of sp³-hybridized carbons (Fsp3) is 0.778. The Morgan fingerprint density at radius 2 is 1.92 bits per heavy atom. The number of aliphatic hydroxyl groups is 4. The second kappa shape index (κ2) is 4.72. The molecule has 0 bridgehead atoms. The van der Waals surface area contributed by atoms with Crippen molar-refractivity contribution < 1.29 is 20.4 Å². The standard InChI is InChI=1S/C9H16O4/c10-2-1-7-8(5-12)6(4-11)3-9(7)13/h3,7-13H,1-2,4-5H2/t7-,8-,9-/m1/s1. The minimum atomic E-state index is -0.647. The van der Waals surface area contributed by atoms with Crippen LogP contribution in [0.5, 0.6) is 0 Å². The molecular weight excluding hydrogens is 172 g/mol. The van der Waals surface area contributed by atoms with E-state index in [1.54, 1.807) is 6.08 Å². The number of rotatable bonds is 4. The maximum absolute atomic E-state index is 9.51. The van der Waals surface area contributed by atoms with Crippen molar-refractivity contribution in [1.29, 1.82) is 0 Å². The van der Waals surface area contributed by atoms with Crippen molar-refractivity contribution in [3.8, 4) is 0 Å². The van der Waals surface area contributed by atoms with E-state index in [2.05, 4.69) is 0 Å². The molecule has 4 heteroatoms. The van der Waals surface area contributed by atoms with Gasteiger partial charge in [-0.05, 0) is 17.9 Å². The molecule has 0 radical (unpaired) electrons. The van der Waals surface area contributed by atoms with Gasteiger partial charge in [-0.25, -0.2) is 0 Å². The first-order valence-corrected chi connectivity index (χ1v) is 4.45. The first kappa shape index (κ1) is 10.7. The molecule has 0 amide bonds. The monoisotopic (exact) mass is 188 g/mol. The van der Waals surface area contributed by atoms with Crippen LogP contribution in [0, 0.1) is 11.8 Å². The smallest absolute Gasteiger partial charge is 0.0760 e. The fourth-order valence-corrected chi connectivity index (χ4v) is 1.92. The Labute approximate surface area is 77.1 Å². The summed E-state index contributed by atoms with van der Waals surface area (Å²) in [6.07, 6.45) is 1.37. The lowest BCUT2D eigenvalue weighted by Gasteiger charge is -2.21. The minimum absolute atomic E-state index is 0.00915. The topological polar surface area (TPSA) is 80.9 Å². The van der Waals surface area contributed by atoms with Crippen molar-refractivity contribution in [3.63, 3.8) is 0 Å². The Bertz CT molecular complexity index is 190. The first-order chi connectivity index (χ1) is 6.24. The van der Waals surface area contributed by atoms with Gasteiger partial charge in [0.15, 0.2) is 0 Å². The van der Waals surface area contributed by atoms with Crippen LogP contribution >= 0.6 is 0 Å². The number of hydrogen-bond donors (Lipinski definition) is 4. The lowest BCUT2D eigenvalue weighted by atomic mass is 9.88. The molecule has 0 saturated carbocycles. The minimum Gasteiger partial charge on any atom is -0.396 e. The van der Waals surface area contributed by atoms with Crippen LogP contribution < -0.4 is 0 Å². The van der Waals surface area contributed by atoms with Gasteiger partial charge in [0.2, 0.25) is 0 Å². The molecule has 0 saturated heterocycles. The van der Waals surface area contributed by atoms with Crippen molar-refractivity contribution in [2.24, 2.45) is 11.8 Å². The van der Waals surface area contributed by atoms with Gasteiger partial charge in [-0.1, -0.05) is 6.08 Å². The Hall–Kier alpha value is -0.420. The van der Waals surface area contributed by atoms with E-state index in [1.165, 1.54) is 0 Å². The Balaban J connectivity index is 2.67. The molecular formula is C9H16O4. The van der Waals surface area contributed by atoms with E-state index in [1.807, 2.05) is 0 Å². The second-order valence-electron chi connectivity index (χ2n) is 3.36. The van der Waals surface area contributed by atoms with E-state index in [9.17, 15) is 5.11 Å². The SMILES string of the molecule is OCC[C@H]1[C@H](O)C=C(CO)[C@H]1CO. The van der Waals surface area contributed by atoms with Gasteiger partial charge in [0.25, 0.3) is 0 Å². The second-order valence-corrected chi connectivity index (χ2v) is 3.36. The maximum Gasteiger partial charge on any atom is 0.0760 e. The zero-order valence-corrected chi connectivity index (χ0v) is 7.43. The van der Waals surface area contributed by atoms with Gasteiger partial charge in [0, 0.05) is 12.5 Å². The van der Waals surface area contributed by atoms with E-state index in [0.717, 1.165) is 0 Å². The van der Waals surface area contributed by atoms with E-state index in [-0.39, 0.29) is 31.7 Å². The van der Waals surface area contributed by atoms with Crippen LogP contribution in [0.25, 0.3) is 0 Å². The highest BCUT2D eigenvalue weighted by molar-refractivity contribution is 5.19. The van der Waals surface area contributed by atoms with E-state index >= 15 is 0 Å². The van der Waals surface area contributed by atoms with E-state index in [4.69, 9.17) is 15.3 Å². The van der Waals surface area contributed by atoms with Gasteiger partial charge < -0.3 is 20.4 Å². The van der Waals surface area contributed by atoms with Crippen molar-refractivity contribution in [3.05, 3.63) is 11.6 Å². The summed E-state index contributed by atoms with van der Waals surface area (Å²) in [5.41, 5.74) is 0.674. The highest BCUT2D eigenvalue weighted by atomic mass is 16.3. The molecule has 4 N–H and O–H groups in total. The third-order valence-electron chi connectivity index (χ3n) is 2.66. The molecule has 0 spiro atoms. The van der Waals surface area contributed by atoms with Crippen LogP contribution in [-0.4, -0.2) is 46.4 Å². The van der Waals surface area contributed by atoms with Gasteiger partial charge in [0.1, 0.15) is 0 Å². The Morgan fingerprint density at radius 1 is 1.23 bits per heavy atom.